The summed E-state index contributed by atoms with van der Waals surface area (Å²) in [4.78, 5) is 4.21. The Morgan fingerprint density at radius 3 is 2.88 bits per heavy atom. The Hall–Kier alpha value is -0.390. The van der Waals surface area contributed by atoms with E-state index in [1.807, 2.05) is 12.3 Å². The second kappa shape index (κ2) is 5.98. The smallest absolute Gasteiger partial charge is 0.140 e. The number of hydrogen-bond donors (Lipinski definition) is 0. The van der Waals surface area contributed by atoms with Gasteiger partial charge in [-0.2, -0.15) is 0 Å². The number of thiazole rings is 1. The lowest BCUT2D eigenvalue weighted by Crippen LogP contribution is -1.99. The van der Waals surface area contributed by atoms with E-state index in [1.54, 1.807) is 17.5 Å². The summed E-state index contributed by atoms with van der Waals surface area (Å²) < 4.78 is 6.93. The normalized spacial score (nSPS) is 10.5. The Bertz CT molecular complexity index is 499. The molecule has 0 radical (unpaired) electrons. The van der Waals surface area contributed by atoms with Gasteiger partial charge in [0.15, 0.2) is 0 Å². The molecule has 2 aromatic rings. The highest BCUT2D eigenvalue weighted by molar-refractivity contribution is 9.10. The molecular formula is C12H11Br2NOS. The van der Waals surface area contributed by atoms with E-state index in [1.165, 1.54) is 0 Å². The van der Waals surface area contributed by atoms with Crippen LogP contribution in [0, 0.1) is 6.92 Å². The summed E-state index contributed by atoms with van der Waals surface area (Å²) in [5.41, 5.74) is 2.28. The third kappa shape index (κ3) is 3.30. The van der Waals surface area contributed by atoms with Gasteiger partial charge in [-0.25, -0.2) is 4.98 Å². The van der Waals surface area contributed by atoms with Crippen LogP contribution in [-0.2, 0) is 11.9 Å². The van der Waals surface area contributed by atoms with Crippen molar-refractivity contribution in [3.63, 3.8) is 0 Å². The summed E-state index contributed by atoms with van der Waals surface area (Å²) in [6.07, 6.45) is 1.79. The first-order valence-electron chi connectivity index (χ1n) is 5.07. The van der Waals surface area contributed by atoms with Gasteiger partial charge in [0.2, 0.25) is 0 Å². The van der Waals surface area contributed by atoms with Crippen LogP contribution in [-0.4, -0.2) is 4.98 Å². The molecule has 0 saturated heterocycles. The molecule has 90 valence electrons. The lowest BCUT2D eigenvalue weighted by Gasteiger charge is -2.12. The molecule has 0 bridgehead atoms. The first-order valence-corrected chi connectivity index (χ1v) is 7.86. The van der Waals surface area contributed by atoms with Crippen molar-refractivity contribution in [3.05, 3.63) is 44.3 Å². The van der Waals surface area contributed by atoms with Crippen molar-refractivity contribution in [1.82, 2.24) is 4.98 Å². The molecule has 0 N–H and O–H groups in total. The number of nitrogens with zero attached hydrogens (tertiary/aromatic N) is 1. The summed E-state index contributed by atoms with van der Waals surface area (Å²) in [5.74, 6) is 0.945. The van der Waals surface area contributed by atoms with E-state index in [9.17, 15) is 0 Å². The van der Waals surface area contributed by atoms with Gasteiger partial charge in [0, 0.05) is 26.9 Å². The monoisotopic (exact) mass is 375 g/mol. The van der Waals surface area contributed by atoms with Gasteiger partial charge in [0.1, 0.15) is 17.4 Å². The van der Waals surface area contributed by atoms with Crippen LogP contribution in [0.3, 0.4) is 0 Å². The summed E-state index contributed by atoms with van der Waals surface area (Å²) >= 11 is 8.58. The van der Waals surface area contributed by atoms with Gasteiger partial charge in [-0.1, -0.05) is 31.9 Å². The summed E-state index contributed by atoms with van der Waals surface area (Å²) in [6, 6.07) is 4.13. The van der Waals surface area contributed by atoms with Gasteiger partial charge in [-0.3, -0.25) is 0 Å². The van der Waals surface area contributed by atoms with E-state index in [2.05, 4.69) is 49.0 Å². The van der Waals surface area contributed by atoms with Crippen LogP contribution in [0.1, 0.15) is 16.1 Å². The fourth-order valence-corrected chi connectivity index (χ4v) is 3.13. The second-order valence-electron chi connectivity index (χ2n) is 3.56. The van der Waals surface area contributed by atoms with Gasteiger partial charge >= 0.3 is 0 Å². The van der Waals surface area contributed by atoms with Crippen molar-refractivity contribution in [2.45, 2.75) is 18.9 Å². The third-order valence-corrected chi connectivity index (χ3v) is 4.10. The predicted octanol–water partition coefficient (Wildman–Crippen LogP) is 4.69. The van der Waals surface area contributed by atoms with Crippen LogP contribution in [0.5, 0.6) is 5.75 Å². The SMILES string of the molecule is Cc1cc(Br)cc(CBr)c1OCc1nccs1. The molecule has 2 nitrogen and oxygen atoms in total. The minimum Gasteiger partial charge on any atom is -0.486 e. The maximum absolute atomic E-state index is 5.86. The first-order chi connectivity index (χ1) is 8.20. The summed E-state index contributed by atoms with van der Waals surface area (Å²) in [6.45, 7) is 2.58. The molecule has 1 aromatic carbocycles. The van der Waals surface area contributed by atoms with Crippen molar-refractivity contribution < 1.29 is 4.74 Å². The Balaban J connectivity index is 2.19. The number of aryl methyl sites for hydroxylation is 1. The molecule has 0 amide bonds. The summed E-state index contributed by atoms with van der Waals surface area (Å²) in [5, 5.41) is 3.73. The van der Waals surface area contributed by atoms with Crippen molar-refractivity contribution in [3.8, 4) is 5.75 Å². The predicted molar refractivity (Wildman–Crippen MR) is 78.0 cm³/mol. The molecule has 0 aliphatic rings. The molecule has 2 rings (SSSR count). The van der Waals surface area contributed by atoms with E-state index in [0.717, 1.165) is 31.7 Å². The van der Waals surface area contributed by atoms with Crippen molar-refractivity contribution in [2.24, 2.45) is 0 Å². The molecule has 0 atom stereocenters. The minimum atomic E-state index is 0.528. The second-order valence-corrected chi connectivity index (χ2v) is 6.01. The van der Waals surface area contributed by atoms with E-state index in [-0.39, 0.29) is 0 Å². The Labute approximate surface area is 121 Å². The zero-order chi connectivity index (χ0) is 12.3. The third-order valence-electron chi connectivity index (χ3n) is 2.28. The highest BCUT2D eigenvalue weighted by atomic mass is 79.9. The summed E-state index contributed by atoms with van der Waals surface area (Å²) in [7, 11) is 0. The fraction of sp³-hybridized carbons (Fsp3) is 0.250. The van der Waals surface area contributed by atoms with Crippen molar-refractivity contribution in [1.29, 1.82) is 0 Å². The lowest BCUT2D eigenvalue weighted by molar-refractivity contribution is 0.301. The Morgan fingerprint density at radius 1 is 1.41 bits per heavy atom. The van der Waals surface area contributed by atoms with Crippen LogP contribution in [0.4, 0.5) is 0 Å². The van der Waals surface area contributed by atoms with Crippen molar-refractivity contribution >= 4 is 43.2 Å². The van der Waals surface area contributed by atoms with Gasteiger partial charge in [-0.05, 0) is 24.6 Å². The van der Waals surface area contributed by atoms with E-state index in [0.29, 0.717) is 6.61 Å². The Morgan fingerprint density at radius 2 is 2.24 bits per heavy atom. The average Bonchev–Trinajstić information content (AvgIpc) is 2.79. The number of rotatable bonds is 4. The van der Waals surface area contributed by atoms with Crippen LogP contribution in [0.2, 0.25) is 0 Å². The molecular weight excluding hydrogens is 366 g/mol. The first kappa shape index (κ1) is 13.1. The Kier molecular flexibility index (Phi) is 4.59. The topological polar surface area (TPSA) is 22.1 Å². The molecule has 0 spiro atoms. The molecule has 0 saturated carbocycles. The molecule has 1 heterocycles. The van der Waals surface area contributed by atoms with Gasteiger partial charge in [-0.15, -0.1) is 11.3 Å². The van der Waals surface area contributed by atoms with Crippen LogP contribution in [0.25, 0.3) is 0 Å². The van der Waals surface area contributed by atoms with Crippen LogP contribution in [0.15, 0.2) is 28.2 Å². The number of aromatic nitrogens is 1. The maximum Gasteiger partial charge on any atom is 0.140 e. The minimum absolute atomic E-state index is 0.528. The molecule has 0 aliphatic carbocycles. The van der Waals surface area contributed by atoms with E-state index in [4.69, 9.17) is 4.74 Å². The fourth-order valence-electron chi connectivity index (χ4n) is 1.56. The quantitative estimate of drug-likeness (QED) is 0.722. The largest absolute Gasteiger partial charge is 0.486 e. The molecule has 0 aliphatic heterocycles. The molecule has 5 heteroatoms. The average molecular weight is 377 g/mol. The van der Waals surface area contributed by atoms with Crippen molar-refractivity contribution in [2.75, 3.05) is 0 Å². The lowest BCUT2D eigenvalue weighted by atomic mass is 10.1. The molecule has 1 aromatic heterocycles. The van der Waals surface area contributed by atoms with E-state index < -0.39 is 0 Å². The number of alkyl halides is 1. The maximum atomic E-state index is 5.86. The highest BCUT2D eigenvalue weighted by Crippen LogP contribution is 2.30. The van der Waals surface area contributed by atoms with Gasteiger partial charge < -0.3 is 4.74 Å². The zero-order valence-electron chi connectivity index (χ0n) is 9.24. The number of ether oxygens (including phenoxy) is 1. The zero-order valence-corrected chi connectivity index (χ0v) is 13.2. The van der Waals surface area contributed by atoms with Crippen LogP contribution < -0.4 is 4.74 Å². The number of benzene rings is 1. The van der Waals surface area contributed by atoms with Gasteiger partial charge in [0.05, 0.1) is 0 Å². The number of hydrogen-bond acceptors (Lipinski definition) is 3. The van der Waals surface area contributed by atoms with E-state index >= 15 is 0 Å². The van der Waals surface area contributed by atoms with Crippen LogP contribution >= 0.6 is 43.2 Å². The number of halogens is 2. The molecule has 0 fully saturated rings. The van der Waals surface area contributed by atoms with Gasteiger partial charge in [0.25, 0.3) is 0 Å². The molecule has 0 unspecified atom stereocenters. The standard InChI is InChI=1S/C12H11Br2NOS/c1-8-4-10(14)5-9(6-13)12(8)16-7-11-15-2-3-17-11/h2-5H,6-7H2,1H3. The highest BCUT2D eigenvalue weighted by Gasteiger charge is 2.09. The molecule has 17 heavy (non-hydrogen) atoms.